The zero-order chi connectivity index (χ0) is 39.5. The van der Waals surface area contributed by atoms with E-state index in [1.165, 1.54) is 21.9 Å². The number of fused-ring (bicyclic) bond motifs is 8. The molecule has 0 atom stereocenters. The Morgan fingerprint density at radius 2 is 0.887 bits per heavy atom. The van der Waals surface area contributed by atoms with Gasteiger partial charge in [-0.2, -0.15) is 5.11 Å². The predicted octanol–water partition coefficient (Wildman–Crippen LogP) is 8.35. The normalized spacial score (nSPS) is 16.0. The molecule has 4 N–H and O–H groups in total. The molecule has 4 aromatic heterocycles. The number of H-pyrrole nitrogens is 4. The highest BCUT2D eigenvalue weighted by atomic mass is 16.6. The van der Waals surface area contributed by atoms with E-state index >= 15 is 0 Å². The quantitative estimate of drug-likeness (QED) is 0.0618. The van der Waals surface area contributed by atoms with Crippen molar-refractivity contribution >= 4 is 29.9 Å². The van der Waals surface area contributed by atoms with E-state index in [-0.39, 0.29) is 16.5 Å². The number of aromatic nitrogens is 4. The Labute approximate surface area is 311 Å². The highest BCUT2D eigenvalue weighted by Gasteiger charge is 2.37. The van der Waals surface area contributed by atoms with E-state index in [9.17, 15) is 19.7 Å². The lowest BCUT2D eigenvalue weighted by atomic mass is 9.85. The summed E-state index contributed by atoms with van der Waals surface area (Å²) < 4.78 is 0. The number of benzene rings is 1. The van der Waals surface area contributed by atoms with Crippen molar-refractivity contribution in [3.63, 3.8) is 0 Å². The van der Waals surface area contributed by atoms with Gasteiger partial charge in [0.25, 0.3) is 5.69 Å². The summed E-state index contributed by atoms with van der Waals surface area (Å²) in [5, 5.41) is 20.3. The molecular weight excluding hydrogens is 670 g/mol. The number of nitro benzene ring substituents is 1. The van der Waals surface area contributed by atoms with Crippen LogP contribution in [0.15, 0.2) is 77.0 Å². The molecule has 1 aliphatic heterocycles. The lowest BCUT2D eigenvalue weighted by Gasteiger charge is -2.28. The highest BCUT2D eigenvalue weighted by Crippen LogP contribution is 2.44. The molecular formula is C40H53N9O4. The maximum atomic E-state index is 11.1. The van der Waals surface area contributed by atoms with Gasteiger partial charge in [-0.3, -0.25) is 19.7 Å². The molecule has 0 saturated heterocycles. The second-order valence-corrected chi connectivity index (χ2v) is 15.9. The summed E-state index contributed by atoms with van der Waals surface area (Å²) in [7, 11) is 6.75. The van der Waals surface area contributed by atoms with Gasteiger partial charge in [-0.15, -0.1) is 5.11 Å². The molecule has 53 heavy (non-hydrogen) atoms. The first kappa shape index (κ1) is 40.1. The van der Waals surface area contributed by atoms with E-state index in [4.69, 9.17) is 5.11 Å². The SMILES string of the molecule is CC1(C)c2ccc([nH]2)C(C)(C)c2ccc([nH]2)C(C)(C)c2[nH]c(cc2N=Nc2ccc([N+](=O)[O-])cc2)C(C)(C)c2ccc1[nH]2.CN(C)C=O.CN(C)C=O. The Morgan fingerprint density at radius 3 is 1.23 bits per heavy atom. The summed E-state index contributed by atoms with van der Waals surface area (Å²) >= 11 is 0. The van der Waals surface area contributed by atoms with Crippen LogP contribution in [0.1, 0.15) is 101 Å². The van der Waals surface area contributed by atoms with Gasteiger partial charge in [0.1, 0.15) is 5.69 Å². The number of rotatable bonds is 5. The average molecular weight is 724 g/mol. The minimum absolute atomic E-state index is 0.0184. The molecule has 282 valence electrons. The van der Waals surface area contributed by atoms with Crippen LogP contribution in [-0.2, 0) is 31.2 Å². The van der Waals surface area contributed by atoms with Crippen molar-refractivity contribution in [2.75, 3.05) is 28.2 Å². The first-order valence-corrected chi connectivity index (χ1v) is 17.4. The summed E-state index contributed by atoms with van der Waals surface area (Å²) in [6, 6.07) is 21.2. The number of carbonyl (C=O) groups excluding carboxylic acids is 2. The molecule has 5 heterocycles. The topological polar surface area (TPSA) is 172 Å². The number of hydrogen-bond donors (Lipinski definition) is 4. The molecule has 0 unspecified atom stereocenters. The van der Waals surface area contributed by atoms with Crippen LogP contribution in [0.5, 0.6) is 0 Å². The average Bonchev–Trinajstić information content (AvgIpc) is 3.94. The first-order valence-electron chi connectivity index (χ1n) is 17.4. The van der Waals surface area contributed by atoms with Crippen LogP contribution in [0.2, 0.25) is 0 Å². The van der Waals surface area contributed by atoms with Gasteiger partial charge in [0.2, 0.25) is 12.8 Å². The molecule has 2 amide bonds. The van der Waals surface area contributed by atoms with Crippen molar-refractivity contribution in [3.8, 4) is 0 Å². The standard InChI is InChI=1S/C34H39N7O2.2C3H7NO/c1-31(2)23-13-14-24(35-23)32(3,4)26-17-18-28(37-26)34(7,8)30-22(40-39-20-9-11-21(12-10-20)41(42)43)19-29(38-30)33(5,6)27-16-15-25(31)36-27;2*1-4(2)3-5/h9-19,35-38H,1-8H3;2*3H,1-2H3. The van der Waals surface area contributed by atoms with E-state index in [1.54, 1.807) is 40.3 Å². The molecule has 0 spiro atoms. The third-order valence-electron chi connectivity index (χ3n) is 9.95. The smallest absolute Gasteiger partial charge is 0.269 e. The van der Waals surface area contributed by atoms with Crippen molar-refractivity contribution in [1.82, 2.24) is 29.7 Å². The van der Waals surface area contributed by atoms with Gasteiger partial charge in [-0.25, -0.2) is 0 Å². The molecule has 0 aliphatic carbocycles. The van der Waals surface area contributed by atoms with Gasteiger partial charge in [-0.05, 0) is 110 Å². The summed E-state index contributed by atoms with van der Waals surface area (Å²) in [5.41, 5.74) is 8.42. The van der Waals surface area contributed by atoms with Gasteiger partial charge < -0.3 is 29.7 Å². The minimum Gasteiger partial charge on any atom is -0.361 e. The molecule has 0 radical (unpaired) electrons. The summed E-state index contributed by atoms with van der Waals surface area (Å²) in [4.78, 5) is 47.5. The largest absolute Gasteiger partial charge is 0.361 e. The second-order valence-electron chi connectivity index (χ2n) is 15.9. The summed E-state index contributed by atoms with van der Waals surface area (Å²) in [6.45, 7) is 17.7. The summed E-state index contributed by atoms with van der Waals surface area (Å²) in [6.07, 6.45) is 1.50. The number of hydrogen-bond acceptors (Lipinski definition) is 6. The second kappa shape index (κ2) is 15.1. The van der Waals surface area contributed by atoms with E-state index in [2.05, 4.69) is 123 Å². The Balaban J connectivity index is 0.000000556. The van der Waals surface area contributed by atoms with Crippen molar-refractivity contribution in [3.05, 3.63) is 122 Å². The van der Waals surface area contributed by atoms with Gasteiger partial charge in [-0.1, -0.05) is 0 Å². The van der Waals surface area contributed by atoms with Crippen molar-refractivity contribution in [2.24, 2.45) is 10.2 Å². The number of carbonyl (C=O) groups is 2. The first-order chi connectivity index (χ1) is 24.7. The molecule has 0 saturated carbocycles. The van der Waals surface area contributed by atoms with Crippen LogP contribution in [0.4, 0.5) is 17.1 Å². The lowest BCUT2D eigenvalue weighted by molar-refractivity contribution is -0.384. The Hall–Kier alpha value is -5.72. The fourth-order valence-corrected chi connectivity index (χ4v) is 6.03. The number of amides is 2. The minimum atomic E-state index is -0.479. The molecule has 1 aliphatic rings. The van der Waals surface area contributed by atoms with Gasteiger partial charge in [0, 0.05) is 102 Å². The van der Waals surface area contributed by atoms with E-state index in [1.807, 2.05) is 0 Å². The number of nitrogens with zero attached hydrogens (tertiary/aromatic N) is 5. The van der Waals surface area contributed by atoms with Crippen molar-refractivity contribution in [2.45, 2.75) is 77.0 Å². The van der Waals surface area contributed by atoms with Crippen LogP contribution in [0, 0.1) is 10.1 Å². The highest BCUT2D eigenvalue weighted by molar-refractivity contribution is 5.55. The maximum Gasteiger partial charge on any atom is 0.269 e. The third-order valence-corrected chi connectivity index (χ3v) is 9.95. The van der Waals surface area contributed by atoms with E-state index < -0.39 is 15.8 Å². The number of azo groups is 1. The van der Waals surface area contributed by atoms with Crippen LogP contribution in [-0.4, -0.2) is 75.7 Å². The zero-order valence-corrected chi connectivity index (χ0v) is 32.9. The van der Waals surface area contributed by atoms with Crippen LogP contribution in [0.25, 0.3) is 0 Å². The molecule has 8 bridgehead atoms. The van der Waals surface area contributed by atoms with E-state index in [0.29, 0.717) is 11.4 Å². The fraction of sp³-hybridized carbons (Fsp3) is 0.400. The Bertz CT molecular complexity index is 2060. The molecule has 0 fully saturated rings. The number of nitrogens with one attached hydrogen (secondary N) is 4. The fourth-order valence-electron chi connectivity index (χ4n) is 6.03. The van der Waals surface area contributed by atoms with Crippen LogP contribution in [0.3, 0.4) is 0 Å². The van der Waals surface area contributed by atoms with Crippen LogP contribution < -0.4 is 0 Å². The van der Waals surface area contributed by atoms with Gasteiger partial charge in [0.15, 0.2) is 0 Å². The number of non-ortho nitro benzene ring substituents is 1. The molecule has 5 aromatic rings. The third kappa shape index (κ3) is 8.34. The van der Waals surface area contributed by atoms with Crippen LogP contribution >= 0.6 is 0 Å². The zero-order valence-electron chi connectivity index (χ0n) is 32.9. The molecule has 13 heteroatoms. The molecule has 1 aromatic carbocycles. The van der Waals surface area contributed by atoms with Gasteiger partial charge >= 0.3 is 0 Å². The lowest BCUT2D eigenvalue weighted by Crippen LogP contribution is -2.26. The van der Waals surface area contributed by atoms with Gasteiger partial charge in [0.05, 0.1) is 16.3 Å². The Morgan fingerprint density at radius 1 is 0.547 bits per heavy atom. The molecule has 6 rings (SSSR count). The van der Waals surface area contributed by atoms with E-state index in [0.717, 1.165) is 58.4 Å². The number of aromatic amines is 4. The van der Waals surface area contributed by atoms with Crippen molar-refractivity contribution in [1.29, 1.82) is 0 Å². The monoisotopic (exact) mass is 723 g/mol. The number of nitro groups is 1. The van der Waals surface area contributed by atoms with Crippen molar-refractivity contribution < 1.29 is 14.5 Å². The molecule has 13 nitrogen and oxygen atoms in total. The summed E-state index contributed by atoms with van der Waals surface area (Å²) in [5.74, 6) is 0. The Kier molecular flexibility index (Phi) is 11.4. The maximum absolute atomic E-state index is 11.1. The predicted molar refractivity (Wildman–Crippen MR) is 208 cm³/mol.